The minimum atomic E-state index is -0.237. The summed E-state index contributed by atoms with van der Waals surface area (Å²) in [5.74, 6) is 0.838. The number of Topliss-reactive ketones (excluding diaryl/α,β-unsaturated/α-hetero) is 1. The van der Waals surface area contributed by atoms with E-state index in [0.29, 0.717) is 0 Å². The van der Waals surface area contributed by atoms with Crippen molar-refractivity contribution >= 4 is 5.78 Å². The zero-order chi connectivity index (χ0) is 9.26. The van der Waals surface area contributed by atoms with Crippen molar-refractivity contribution in [2.24, 2.45) is 0 Å². The Morgan fingerprint density at radius 1 is 1.46 bits per heavy atom. The SMILES string of the molecule is C/C=C/[C@H]1O[C@@H]1C(=O)[C]1[CH][CH][CH][CH]1. The van der Waals surface area contributed by atoms with Crippen LogP contribution in [0.4, 0.5) is 0 Å². The van der Waals surface area contributed by atoms with E-state index in [0.717, 1.165) is 5.92 Å². The number of carbonyl (C=O) groups is 1. The smallest absolute Gasteiger partial charge is 0.172 e. The van der Waals surface area contributed by atoms with E-state index in [4.69, 9.17) is 4.74 Å². The van der Waals surface area contributed by atoms with Crippen molar-refractivity contribution < 1.29 is 9.53 Å². The summed E-state index contributed by atoms with van der Waals surface area (Å²) in [6, 6.07) is 0. The monoisotopic (exact) mass is 175 g/mol. The number of ether oxygens (including phenoxy) is 1. The van der Waals surface area contributed by atoms with Gasteiger partial charge in [-0.3, -0.25) is 4.79 Å². The number of carbonyl (C=O) groups excluding carboxylic acids is 1. The molecule has 0 N–H and O–H groups in total. The lowest BCUT2D eigenvalue weighted by Crippen LogP contribution is -2.17. The van der Waals surface area contributed by atoms with Crippen LogP contribution in [0.15, 0.2) is 12.2 Å². The number of ketones is 1. The Kier molecular flexibility index (Phi) is 2.49. The van der Waals surface area contributed by atoms with Gasteiger partial charge in [-0.1, -0.05) is 12.2 Å². The largest absolute Gasteiger partial charge is 0.357 e. The maximum Gasteiger partial charge on any atom is 0.172 e. The molecule has 5 radical (unpaired) electrons. The van der Waals surface area contributed by atoms with E-state index in [1.165, 1.54) is 0 Å². The van der Waals surface area contributed by atoms with Gasteiger partial charge in [0.1, 0.15) is 12.2 Å². The summed E-state index contributed by atoms with van der Waals surface area (Å²) in [6.45, 7) is 1.92. The second-order valence-corrected chi connectivity index (χ2v) is 3.08. The highest BCUT2D eigenvalue weighted by Gasteiger charge is 2.46. The maximum atomic E-state index is 11.6. The number of hydrogen-bond donors (Lipinski definition) is 0. The molecule has 0 aromatic rings. The van der Waals surface area contributed by atoms with Crippen LogP contribution in [0.5, 0.6) is 0 Å². The van der Waals surface area contributed by atoms with Crippen LogP contribution in [-0.4, -0.2) is 18.0 Å². The number of rotatable bonds is 3. The van der Waals surface area contributed by atoms with Crippen LogP contribution in [-0.2, 0) is 9.53 Å². The van der Waals surface area contributed by atoms with Gasteiger partial charge in [-0.25, -0.2) is 0 Å². The fraction of sp³-hybridized carbons (Fsp3) is 0.273. The molecule has 0 spiro atoms. The quantitative estimate of drug-likeness (QED) is 0.478. The Hall–Kier alpha value is -0.630. The zero-order valence-electron chi connectivity index (χ0n) is 7.44. The van der Waals surface area contributed by atoms with Crippen molar-refractivity contribution in [2.45, 2.75) is 19.1 Å². The van der Waals surface area contributed by atoms with E-state index in [1.54, 1.807) is 0 Å². The van der Waals surface area contributed by atoms with Gasteiger partial charge < -0.3 is 4.74 Å². The molecular weight excluding hydrogens is 164 g/mol. The average molecular weight is 175 g/mol. The van der Waals surface area contributed by atoms with E-state index in [2.05, 4.69) is 0 Å². The van der Waals surface area contributed by atoms with Crippen molar-refractivity contribution in [3.8, 4) is 0 Å². The van der Waals surface area contributed by atoms with E-state index in [-0.39, 0.29) is 18.0 Å². The van der Waals surface area contributed by atoms with E-state index in [1.807, 2.05) is 44.8 Å². The summed E-state index contributed by atoms with van der Waals surface area (Å²) in [4.78, 5) is 11.6. The van der Waals surface area contributed by atoms with E-state index in [9.17, 15) is 4.79 Å². The molecule has 2 atom stereocenters. The van der Waals surface area contributed by atoms with E-state index >= 15 is 0 Å². The summed E-state index contributed by atoms with van der Waals surface area (Å²) in [7, 11) is 0. The third-order valence-corrected chi connectivity index (χ3v) is 2.11. The van der Waals surface area contributed by atoms with Gasteiger partial charge in [-0.05, 0) is 32.6 Å². The summed E-state index contributed by atoms with van der Waals surface area (Å²) in [6.07, 6.45) is 10.9. The van der Waals surface area contributed by atoms with Crippen LogP contribution in [0.1, 0.15) is 6.92 Å². The number of hydrogen-bond acceptors (Lipinski definition) is 2. The lowest BCUT2D eigenvalue weighted by molar-refractivity contribution is -0.117. The van der Waals surface area contributed by atoms with Gasteiger partial charge in [0.25, 0.3) is 0 Å². The first-order valence-electron chi connectivity index (χ1n) is 4.37. The Morgan fingerprint density at radius 3 is 2.77 bits per heavy atom. The molecule has 1 aliphatic heterocycles. The van der Waals surface area contributed by atoms with Crippen LogP contribution in [0.25, 0.3) is 0 Å². The van der Waals surface area contributed by atoms with Crippen LogP contribution in [0, 0.1) is 31.6 Å². The second-order valence-electron chi connectivity index (χ2n) is 3.08. The van der Waals surface area contributed by atoms with Gasteiger partial charge in [0.2, 0.25) is 0 Å². The van der Waals surface area contributed by atoms with Crippen LogP contribution in [0.2, 0.25) is 0 Å². The molecule has 0 bridgehead atoms. The fourth-order valence-corrected chi connectivity index (χ4v) is 1.37. The number of allylic oxidation sites excluding steroid dienone is 1. The summed E-state index contributed by atoms with van der Waals surface area (Å²) in [5.41, 5.74) is 0. The summed E-state index contributed by atoms with van der Waals surface area (Å²) >= 11 is 0. The molecule has 1 saturated heterocycles. The van der Waals surface area contributed by atoms with Crippen molar-refractivity contribution in [3.63, 3.8) is 0 Å². The highest BCUT2D eigenvalue weighted by atomic mass is 16.6. The van der Waals surface area contributed by atoms with Gasteiger partial charge in [0.05, 0.1) is 5.92 Å². The fourth-order valence-electron chi connectivity index (χ4n) is 1.37. The maximum absolute atomic E-state index is 11.6. The highest BCUT2D eigenvalue weighted by Crippen LogP contribution is 2.33. The standard InChI is InChI=1S/C11H11O2/c1-2-5-9-11(13-9)10(12)8-6-3-4-7-8/h2-7,9,11H,1H3/b5-2+/t9-,11+/m1/s1. The molecule has 2 heteroatoms. The van der Waals surface area contributed by atoms with Crippen molar-refractivity contribution in [1.82, 2.24) is 0 Å². The van der Waals surface area contributed by atoms with Gasteiger partial charge in [-0.15, -0.1) is 0 Å². The molecule has 0 aromatic heterocycles. The molecule has 1 heterocycles. The Morgan fingerprint density at radius 2 is 2.15 bits per heavy atom. The predicted octanol–water partition coefficient (Wildman–Crippen LogP) is 1.30. The van der Waals surface area contributed by atoms with Crippen molar-refractivity contribution in [3.05, 3.63) is 43.8 Å². The third kappa shape index (κ3) is 1.83. The first-order chi connectivity index (χ1) is 6.33. The van der Waals surface area contributed by atoms with Crippen LogP contribution >= 0.6 is 0 Å². The van der Waals surface area contributed by atoms with Crippen LogP contribution < -0.4 is 0 Å². The molecule has 13 heavy (non-hydrogen) atoms. The Bertz CT molecular complexity index is 226. The normalized spacial score (nSPS) is 34.2. The van der Waals surface area contributed by atoms with Crippen molar-refractivity contribution in [1.29, 1.82) is 0 Å². The van der Waals surface area contributed by atoms with Crippen molar-refractivity contribution in [2.75, 3.05) is 0 Å². The van der Waals surface area contributed by atoms with Gasteiger partial charge in [0, 0.05) is 0 Å². The molecule has 2 aliphatic rings. The molecule has 2 rings (SSSR count). The zero-order valence-corrected chi connectivity index (χ0v) is 7.44. The van der Waals surface area contributed by atoms with Gasteiger partial charge in [-0.2, -0.15) is 0 Å². The third-order valence-electron chi connectivity index (χ3n) is 2.11. The minimum Gasteiger partial charge on any atom is -0.357 e. The highest BCUT2D eigenvalue weighted by molar-refractivity contribution is 6.02. The summed E-state index contributed by atoms with van der Waals surface area (Å²) < 4.78 is 5.21. The second kappa shape index (κ2) is 3.62. The lowest BCUT2D eigenvalue weighted by Gasteiger charge is -2.01. The summed E-state index contributed by atoms with van der Waals surface area (Å²) in [5, 5.41) is 0. The first kappa shape index (κ1) is 8.95. The first-order valence-corrected chi connectivity index (χ1v) is 4.37. The Balaban J connectivity index is 1.85. The average Bonchev–Trinajstić information content (AvgIpc) is 2.67. The van der Waals surface area contributed by atoms with Gasteiger partial charge >= 0.3 is 0 Å². The molecule has 0 aromatic carbocycles. The minimum absolute atomic E-state index is 0.00685. The molecule has 0 unspecified atom stereocenters. The lowest BCUT2D eigenvalue weighted by atomic mass is 9.99. The van der Waals surface area contributed by atoms with Crippen LogP contribution in [0.3, 0.4) is 0 Å². The molecule has 0 amide bonds. The predicted molar refractivity (Wildman–Crippen MR) is 48.9 cm³/mol. The molecule has 2 fully saturated rings. The Labute approximate surface area is 79.0 Å². The molecular formula is C11H11O2. The molecule has 1 aliphatic carbocycles. The van der Waals surface area contributed by atoms with Gasteiger partial charge in [0.15, 0.2) is 5.78 Å². The number of epoxide rings is 1. The molecule has 2 nitrogen and oxygen atoms in total. The molecule has 1 saturated carbocycles. The topological polar surface area (TPSA) is 29.6 Å². The molecule has 67 valence electrons. The van der Waals surface area contributed by atoms with E-state index < -0.39 is 0 Å².